The number of nitrogens with two attached hydrogens (primary N) is 1. The molecule has 0 radical (unpaired) electrons. The molecule has 0 amide bonds. The number of hydrogen-bond donors (Lipinski definition) is 1. The Morgan fingerprint density at radius 1 is 1.33 bits per heavy atom. The predicted molar refractivity (Wildman–Crippen MR) is 78.6 cm³/mol. The normalized spacial score (nSPS) is 11.1. The maximum absolute atomic E-state index is 6.31. The van der Waals surface area contributed by atoms with Gasteiger partial charge in [-0.15, -0.1) is 0 Å². The number of aryl methyl sites for hydroxylation is 1. The predicted octanol–water partition coefficient (Wildman–Crippen LogP) is 3.88. The Kier molecular flexibility index (Phi) is 5.97. The molecule has 102 valence electrons. The van der Waals surface area contributed by atoms with Crippen molar-refractivity contribution in [2.45, 2.75) is 40.5 Å². The molecular weight excluding hydrogens is 246 g/mol. The zero-order valence-corrected chi connectivity index (χ0v) is 12.6. The lowest BCUT2D eigenvalue weighted by molar-refractivity contribution is 0.268. The number of hydrogen-bond acceptors (Lipinski definition) is 2. The number of ether oxygens (including phenoxy) is 1. The molecule has 1 aromatic rings. The lowest BCUT2D eigenvalue weighted by Crippen LogP contribution is -2.09. The van der Waals surface area contributed by atoms with E-state index >= 15 is 0 Å². The molecule has 0 unspecified atom stereocenters. The molecule has 0 heterocycles. The second-order valence-corrected chi connectivity index (χ2v) is 5.58. The third-order valence-electron chi connectivity index (χ3n) is 2.98. The van der Waals surface area contributed by atoms with E-state index in [0.29, 0.717) is 12.5 Å². The summed E-state index contributed by atoms with van der Waals surface area (Å²) in [4.78, 5) is 0. The summed E-state index contributed by atoms with van der Waals surface area (Å²) < 4.78 is 5.91. The molecule has 3 heteroatoms. The first-order chi connectivity index (χ1) is 8.47. The fraction of sp³-hybridized carbons (Fsp3) is 0.600. The summed E-state index contributed by atoms with van der Waals surface area (Å²) in [6.07, 6.45) is 1.88. The van der Waals surface area contributed by atoms with Crippen LogP contribution in [-0.4, -0.2) is 13.2 Å². The Bertz CT molecular complexity index is 402. The molecule has 0 aliphatic heterocycles. The second kappa shape index (κ2) is 7.01. The molecule has 0 aliphatic carbocycles. The molecule has 1 aromatic carbocycles. The number of rotatable bonds is 6. The van der Waals surface area contributed by atoms with Crippen molar-refractivity contribution in [3.05, 3.63) is 27.8 Å². The van der Waals surface area contributed by atoms with Crippen LogP contribution in [0, 0.1) is 19.8 Å². The van der Waals surface area contributed by atoms with Crippen molar-refractivity contribution in [3.8, 4) is 5.75 Å². The zero-order chi connectivity index (χ0) is 13.7. The summed E-state index contributed by atoms with van der Waals surface area (Å²) in [5, 5.41) is 0.846. The van der Waals surface area contributed by atoms with Crippen molar-refractivity contribution in [2.75, 3.05) is 13.2 Å². The van der Waals surface area contributed by atoms with Crippen LogP contribution >= 0.6 is 11.6 Å². The summed E-state index contributed by atoms with van der Waals surface area (Å²) in [5.74, 6) is 1.49. The van der Waals surface area contributed by atoms with E-state index in [9.17, 15) is 0 Å². The van der Waals surface area contributed by atoms with E-state index in [-0.39, 0.29) is 0 Å². The van der Waals surface area contributed by atoms with E-state index in [2.05, 4.69) is 20.8 Å². The van der Waals surface area contributed by atoms with E-state index in [1.807, 2.05) is 13.0 Å². The molecule has 0 spiro atoms. The summed E-state index contributed by atoms with van der Waals surface area (Å²) in [6, 6.07) is 2.05. The van der Waals surface area contributed by atoms with Gasteiger partial charge in [-0.2, -0.15) is 0 Å². The SMILES string of the molecule is Cc1cc(OCC(C)C)c(CCCN)c(C)c1Cl. The molecule has 0 bridgehead atoms. The third-order valence-corrected chi connectivity index (χ3v) is 3.56. The summed E-state index contributed by atoms with van der Waals surface area (Å²) in [6.45, 7) is 9.79. The van der Waals surface area contributed by atoms with Crippen molar-refractivity contribution < 1.29 is 4.74 Å². The van der Waals surface area contributed by atoms with Gasteiger partial charge >= 0.3 is 0 Å². The fourth-order valence-corrected chi connectivity index (χ4v) is 2.10. The second-order valence-electron chi connectivity index (χ2n) is 5.21. The maximum Gasteiger partial charge on any atom is 0.123 e. The molecule has 0 saturated carbocycles. The highest BCUT2D eigenvalue weighted by Gasteiger charge is 2.13. The van der Waals surface area contributed by atoms with E-state index in [0.717, 1.165) is 41.3 Å². The van der Waals surface area contributed by atoms with Gasteiger partial charge in [0.1, 0.15) is 5.75 Å². The highest BCUT2D eigenvalue weighted by atomic mass is 35.5. The Morgan fingerprint density at radius 2 is 2.00 bits per heavy atom. The van der Waals surface area contributed by atoms with Gasteiger partial charge in [-0.05, 0) is 61.9 Å². The third kappa shape index (κ3) is 3.89. The molecule has 2 nitrogen and oxygen atoms in total. The minimum Gasteiger partial charge on any atom is -0.493 e. The van der Waals surface area contributed by atoms with Gasteiger partial charge in [0.15, 0.2) is 0 Å². The highest BCUT2D eigenvalue weighted by molar-refractivity contribution is 6.32. The van der Waals surface area contributed by atoms with Crippen LogP contribution in [0.2, 0.25) is 5.02 Å². The molecule has 2 N–H and O–H groups in total. The van der Waals surface area contributed by atoms with Crippen molar-refractivity contribution in [3.63, 3.8) is 0 Å². The van der Waals surface area contributed by atoms with Crippen LogP contribution in [0.15, 0.2) is 6.07 Å². The van der Waals surface area contributed by atoms with E-state index < -0.39 is 0 Å². The lowest BCUT2D eigenvalue weighted by Gasteiger charge is -2.17. The Hall–Kier alpha value is -0.730. The van der Waals surface area contributed by atoms with Gasteiger partial charge in [0.25, 0.3) is 0 Å². The molecule has 18 heavy (non-hydrogen) atoms. The van der Waals surface area contributed by atoms with Crippen LogP contribution < -0.4 is 10.5 Å². The Labute approximate surface area is 115 Å². The molecule has 0 atom stereocenters. The van der Waals surface area contributed by atoms with Crippen molar-refractivity contribution >= 4 is 11.6 Å². The molecular formula is C15H24ClNO. The molecule has 0 aromatic heterocycles. The maximum atomic E-state index is 6.31. The first-order valence-electron chi connectivity index (χ1n) is 6.58. The number of benzene rings is 1. The van der Waals surface area contributed by atoms with Gasteiger partial charge in [0.05, 0.1) is 6.61 Å². The topological polar surface area (TPSA) is 35.2 Å². The van der Waals surface area contributed by atoms with Crippen molar-refractivity contribution in [1.29, 1.82) is 0 Å². The van der Waals surface area contributed by atoms with Crippen LogP contribution in [0.4, 0.5) is 0 Å². The van der Waals surface area contributed by atoms with Gasteiger partial charge in [-0.3, -0.25) is 0 Å². The first-order valence-corrected chi connectivity index (χ1v) is 6.96. The summed E-state index contributed by atoms with van der Waals surface area (Å²) in [7, 11) is 0. The van der Waals surface area contributed by atoms with Crippen LogP contribution in [0.1, 0.15) is 37.0 Å². The molecule has 0 fully saturated rings. The van der Waals surface area contributed by atoms with Crippen LogP contribution in [0.25, 0.3) is 0 Å². The Morgan fingerprint density at radius 3 is 2.56 bits per heavy atom. The first kappa shape index (κ1) is 15.3. The van der Waals surface area contributed by atoms with E-state index in [4.69, 9.17) is 22.1 Å². The standard InChI is InChI=1S/C15H24ClNO/c1-10(2)9-18-14-8-11(3)15(16)12(4)13(14)6-5-7-17/h8,10H,5-7,9,17H2,1-4H3. The van der Waals surface area contributed by atoms with Gasteiger partial charge < -0.3 is 10.5 Å². The van der Waals surface area contributed by atoms with Crippen LogP contribution in [0.3, 0.4) is 0 Å². The fourth-order valence-electron chi connectivity index (χ4n) is 1.93. The van der Waals surface area contributed by atoms with Crippen molar-refractivity contribution in [2.24, 2.45) is 11.7 Å². The Balaban J connectivity index is 3.04. The van der Waals surface area contributed by atoms with E-state index in [1.54, 1.807) is 0 Å². The van der Waals surface area contributed by atoms with Gasteiger partial charge in [-0.25, -0.2) is 0 Å². The van der Waals surface area contributed by atoms with Crippen LogP contribution in [0.5, 0.6) is 5.75 Å². The van der Waals surface area contributed by atoms with Gasteiger partial charge in [0, 0.05) is 5.02 Å². The molecule has 0 saturated heterocycles. The average Bonchev–Trinajstić information content (AvgIpc) is 2.32. The molecule has 0 aliphatic rings. The largest absolute Gasteiger partial charge is 0.493 e. The van der Waals surface area contributed by atoms with Gasteiger partial charge in [-0.1, -0.05) is 25.4 Å². The highest BCUT2D eigenvalue weighted by Crippen LogP contribution is 2.32. The van der Waals surface area contributed by atoms with Crippen LogP contribution in [-0.2, 0) is 6.42 Å². The smallest absolute Gasteiger partial charge is 0.123 e. The lowest BCUT2D eigenvalue weighted by atomic mass is 10.00. The summed E-state index contributed by atoms with van der Waals surface area (Å²) >= 11 is 6.31. The minimum absolute atomic E-state index is 0.517. The average molecular weight is 270 g/mol. The zero-order valence-electron chi connectivity index (χ0n) is 11.8. The monoisotopic (exact) mass is 269 g/mol. The van der Waals surface area contributed by atoms with Gasteiger partial charge in [0.2, 0.25) is 0 Å². The number of halogens is 1. The van der Waals surface area contributed by atoms with Crippen molar-refractivity contribution in [1.82, 2.24) is 0 Å². The minimum atomic E-state index is 0.517. The summed E-state index contributed by atoms with van der Waals surface area (Å²) in [5.41, 5.74) is 9.00. The molecule has 1 rings (SSSR count). The van der Waals surface area contributed by atoms with E-state index in [1.165, 1.54) is 5.56 Å². The quantitative estimate of drug-likeness (QED) is 0.851.